The van der Waals surface area contributed by atoms with Gasteiger partial charge in [0.05, 0.1) is 5.25 Å². The number of carbonyl (C=O) groups excluding carboxylic acids is 1. The Morgan fingerprint density at radius 1 is 1.21 bits per heavy atom. The number of amides is 1. The van der Waals surface area contributed by atoms with Crippen molar-refractivity contribution in [1.82, 2.24) is 15.1 Å². The van der Waals surface area contributed by atoms with Gasteiger partial charge < -0.3 is 14.1 Å². The normalized spacial score (nSPS) is 14.3. The molecule has 4 rings (SSSR count). The van der Waals surface area contributed by atoms with Crippen LogP contribution in [0.25, 0.3) is 0 Å². The van der Waals surface area contributed by atoms with Crippen molar-refractivity contribution in [2.75, 3.05) is 6.54 Å². The molecule has 0 saturated carbocycles. The topological polar surface area (TPSA) is 68.5 Å². The Balaban J connectivity index is 1.32. The van der Waals surface area contributed by atoms with E-state index in [-0.39, 0.29) is 17.8 Å². The van der Waals surface area contributed by atoms with Crippen molar-refractivity contribution in [2.24, 2.45) is 0 Å². The Morgan fingerprint density at radius 2 is 2.03 bits per heavy atom. The average molecular weight is 410 g/mol. The molecule has 2 aromatic carbocycles. The first-order valence-corrected chi connectivity index (χ1v) is 10.5. The standard InChI is InChI=1S/C22H23N3O3S/c1-15-6-5-9-19(12-15)27-14-20-23-24-22(28-20)29-16(2)21(26)25-11-10-17-7-3-4-8-18(17)13-25/h3-9,12,16H,10-11,13-14H2,1-2H3. The highest BCUT2D eigenvalue weighted by molar-refractivity contribution is 8.00. The summed E-state index contributed by atoms with van der Waals surface area (Å²) in [5.74, 6) is 1.23. The highest BCUT2D eigenvalue weighted by atomic mass is 32.2. The fourth-order valence-corrected chi connectivity index (χ4v) is 4.12. The minimum absolute atomic E-state index is 0.0836. The second-order valence-electron chi connectivity index (χ2n) is 7.11. The molecule has 1 aliphatic heterocycles. The molecule has 0 radical (unpaired) electrons. The number of fused-ring (bicyclic) bond motifs is 1. The molecule has 0 N–H and O–H groups in total. The first kappa shape index (κ1) is 19.5. The summed E-state index contributed by atoms with van der Waals surface area (Å²) in [6, 6.07) is 16.1. The molecule has 0 fully saturated rings. The number of hydrogen-bond donors (Lipinski definition) is 0. The molecule has 0 saturated heterocycles. The maximum Gasteiger partial charge on any atom is 0.277 e. The fraction of sp³-hybridized carbons (Fsp3) is 0.318. The van der Waals surface area contributed by atoms with E-state index in [1.807, 2.05) is 55.1 Å². The first-order chi connectivity index (χ1) is 14.1. The molecule has 1 amide bonds. The van der Waals surface area contributed by atoms with Crippen LogP contribution in [0.1, 0.15) is 29.5 Å². The molecule has 150 valence electrons. The summed E-state index contributed by atoms with van der Waals surface area (Å²) in [5, 5.41) is 8.15. The van der Waals surface area contributed by atoms with Gasteiger partial charge in [-0.1, -0.05) is 48.2 Å². The van der Waals surface area contributed by atoms with Crippen LogP contribution in [-0.2, 0) is 24.4 Å². The molecule has 0 bridgehead atoms. The number of nitrogens with zero attached hydrogens (tertiary/aromatic N) is 3. The van der Waals surface area contributed by atoms with Crippen LogP contribution < -0.4 is 4.74 Å². The maximum atomic E-state index is 12.9. The number of carbonyl (C=O) groups is 1. The van der Waals surface area contributed by atoms with E-state index in [2.05, 4.69) is 22.3 Å². The Hall–Kier alpha value is -2.80. The van der Waals surface area contributed by atoms with Gasteiger partial charge in [-0.15, -0.1) is 10.2 Å². The SMILES string of the molecule is Cc1cccc(OCc2nnc(SC(C)C(=O)N3CCc4ccccc4C3)o2)c1. The van der Waals surface area contributed by atoms with Crippen molar-refractivity contribution in [3.8, 4) is 5.75 Å². The summed E-state index contributed by atoms with van der Waals surface area (Å²) in [4.78, 5) is 14.8. The highest BCUT2D eigenvalue weighted by Gasteiger charge is 2.26. The quantitative estimate of drug-likeness (QED) is 0.573. The molecule has 0 aliphatic carbocycles. The smallest absolute Gasteiger partial charge is 0.277 e. The lowest BCUT2D eigenvalue weighted by Crippen LogP contribution is -2.40. The van der Waals surface area contributed by atoms with E-state index in [9.17, 15) is 4.79 Å². The minimum atomic E-state index is -0.300. The largest absolute Gasteiger partial charge is 0.484 e. The third-order valence-electron chi connectivity index (χ3n) is 4.87. The summed E-state index contributed by atoms with van der Waals surface area (Å²) in [5.41, 5.74) is 3.67. The third-order valence-corrected chi connectivity index (χ3v) is 5.79. The Bertz CT molecular complexity index is 1000. The summed E-state index contributed by atoms with van der Waals surface area (Å²) < 4.78 is 11.3. The van der Waals surface area contributed by atoms with Crippen molar-refractivity contribution in [3.63, 3.8) is 0 Å². The third kappa shape index (κ3) is 4.79. The van der Waals surface area contributed by atoms with Crippen molar-refractivity contribution >= 4 is 17.7 Å². The monoisotopic (exact) mass is 409 g/mol. The van der Waals surface area contributed by atoms with Crippen molar-refractivity contribution in [2.45, 2.75) is 43.9 Å². The van der Waals surface area contributed by atoms with Gasteiger partial charge >= 0.3 is 0 Å². The van der Waals surface area contributed by atoms with E-state index in [0.29, 0.717) is 17.7 Å². The predicted molar refractivity (Wildman–Crippen MR) is 111 cm³/mol. The number of hydrogen-bond acceptors (Lipinski definition) is 6. The molecule has 1 unspecified atom stereocenters. The zero-order chi connectivity index (χ0) is 20.2. The Morgan fingerprint density at radius 3 is 2.86 bits per heavy atom. The molecule has 1 atom stereocenters. The van der Waals surface area contributed by atoms with E-state index >= 15 is 0 Å². The van der Waals surface area contributed by atoms with Crippen LogP contribution in [-0.4, -0.2) is 32.8 Å². The Kier molecular flexibility index (Phi) is 5.85. The number of benzene rings is 2. The fourth-order valence-electron chi connectivity index (χ4n) is 3.34. The lowest BCUT2D eigenvalue weighted by Gasteiger charge is -2.30. The van der Waals surface area contributed by atoms with Crippen LogP contribution in [0.2, 0.25) is 0 Å². The maximum absolute atomic E-state index is 12.9. The van der Waals surface area contributed by atoms with Crippen LogP contribution in [0.4, 0.5) is 0 Å². The van der Waals surface area contributed by atoms with Gasteiger partial charge in [0.15, 0.2) is 6.61 Å². The summed E-state index contributed by atoms with van der Waals surface area (Å²) in [7, 11) is 0. The number of thioether (sulfide) groups is 1. The highest BCUT2D eigenvalue weighted by Crippen LogP contribution is 2.26. The molecular formula is C22H23N3O3S. The number of aromatic nitrogens is 2. The minimum Gasteiger partial charge on any atom is -0.484 e. The first-order valence-electron chi connectivity index (χ1n) is 9.62. The van der Waals surface area contributed by atoms with Gasteiger partial charge in [-0.05, 0) is 49.1 Å². The van der Waals surface area contributed by atoms with Gasteiger partial charge in [-0.3, -0.25) is 4.79 Å². The predicted octanol–water partition coefficient (Wildman–Crippen LogP) is 4.02. The van der Waals surface area contributed by atoms with Gasteiger partial charge in [0, 0.05) is 13.1 Å². The zero-order valence-corrected chi connectivity index (χ0v) is 17.3. The van der Waals surface area contributed by atoms with Gasteiger partial charge in [0.1, 0.15) is 5.75 Å². The second kappa shape index (κ2) is 8.69. The molecule has 0 spiro atoms. The van der Waals surface area contributed by atoms with Crippen LogP contribution in [0.15, 0.2) is 58.2 Å². The molecule has 2 heterocycles. The summed E-state index contributed by atoms with van der Waals surface area (Å²) in [6.07, 6.45) is 0.889. The zero-order valence-electron chi connectivity index (χ0n) is 16.5. The van der Waals surface area contributed by atoms with Gasteiger partial charge in [0.2, 0.25) is 5.91 Å². The molecule has 1 aromatic heterocycles. The van der Waals surface area contributed by atoms with E-state index < -0.39 is 0 Å². The van der Waals surface area contributed by atoms with Crippen LogP contribution in [0.3, 0.4) is 0 Å². The second-order valence-corrected chi connectivity index (χ2v) is 8.40. The van der Waals surface area contributed by atoms with Gasteiger partial charge in [0.25, 0.3) is 11.1 Å². The van der Waals surface area contributed by atoms with Gasteiger partial charge in [-0.2, -0.15) is 0 Å². The van der Waals surface area contributed by atoms with E-state index in [0.717, 1.165) is 24.3 Å². The molecule has 29 heavy (non-hydrogen) atoms. The van der Waals surface area contributed by atoms with Crippen LogP contribution in [0, 0.1) is 6.92 Å². The molecule has 3 aromatic rings. The average Bonchev–Trinajstić information content (AvgIpc) is 3.18. The van der Waals surface area contributed by atoms with Crippen molar-refractivity contribution in [3.05, 3.63) is 71.1 Å². The summed E-state index contributed by atoms with van der Waals surface area (Å²) in [6.45, 7) is 5.47. The molecule has 7 heteroatoms. The molecular weight excluding hydrogens is 386 g/mol. The Labute approximate surface area is 174 Å². The molecule has 1 aliphatic rings. The van der Waals surface area contributed by atoms with Crippen LogP contribution >= 0.6 is 11.8 Å². The van der Waals surface area contributed by atoms with E-state index in [1.54, 1.807) is 0 Å². The lowest BCUT2D eigenvalue weighted by atomic mass is 10.00. The van der Waals surface area contributed by atoms with Crippen LogP contribution in [0.5, 0.6) is 5.75 Å². The summed E-state index contributed by atoms with van der Waals surface area (Å²) >= 11 is 1.28. The van der Waals surface area contributed by atoms with E-state index in [4.69, 9.17) is 9.15 Å². The number of ether oxygens (including phenoxy) is 1. The lowest BCUT2D eigenvalue weighted by molar-refractivity contribution is -0.131. The van der Waals surface area contributed by atoms with Crippen molar-refractivity contribution < 1.29 is 13.9 Å². The number of aryl methyl sites for hydroxylation is 1. The van der Waals surface area contributed by atoms with E-state index in [1.165, 1.54) is 22.9 Å². The van der Waals surface area contributed by atoms with Crippen molar-refractivity contribution in [1.29, 1.82) is 0 Å². The number of rotatable bonds is 6. The van der Waals surface area contributed by atoms with Gasteiger partial charge in [-0.25, -0.2) is 0 Å². The molecule has 6 nitrogen and oxygen atoms in total.